The third kappa shape index (κ3) is 8.89. The van der Waals surface area contributed by atoms with Crippen LogP contribution in [0.3, 0.4) is 0 Å². The molecule has 6 nitrogen and oxygen atoms in total. The van der Waals surface area contributed by atoms with Gasteiger partial charge < -0.3 is 20.7 Å². The molecule has 0 aromatic heterocycles. The summed E-state index contributed by atoms with van der Waals surface area (Å²) in [5.74, 6) is 2.31. The average Bonchev–Trinajstić information content (AvgIpc) is 2.56. The normalized spacial score (nSPS) is 10.5. The molecule has 3 N–H and O–H groups in total. The predicted octanol–water partition coefficient (Wildman–Crippen LogP) is 1.57. The molecule has 0 heterocycles. The Kier molecular flexibility index (Phi) is 12.6. The second kappa shape index (κ2) is 13.3. The van der Waals surface area contributed by atoms with Gasteiger partial charge in [-0.25, -0.2) is 0 Å². The molecule has 0 saturated heterocycles. The number of nitrogens with zero attached hydrogens (tertiary/aromatic N) is 1. The first kappa shape index (κ1) is 21.8. The summed E-state index contributed by atoms with van der Waals surface area (Å²) in [4.78, 5) is 16.1. The highest BCUT2D eigenvalue weighted by Crippen LogP contribution is 2.11. The predicted molar refractivity (Wildman–Crippen MR) is 108 cm³/mol. The summed E-state index contributed by atoms with van der Waals surface area (Å²) < 4.78 is 5.11. The van der Waals surface area contributed by atoms with Crippen molar-refractivity contribution >= 4 is 47.6 Å². The lowest BCUT2D eigenvalue weighted by Gasteiger charge is -2.12. The molecule has 0 fully saturated rings. The Morgan fingerprint density at radius 3 is 2.57 bits per heavy atom. The van der Waals surface area contributed by atoms with Crippen LogP contribution >= 0.6 is 35.7 Å². The Morgan fingerprint density at radius 2 is 1.91 bits per heavy atom. The smallest absolute Gasteiger partial charge is 0.251 e. The van der Waals surface area contributed by atoms with Crippen LogP contribution in [-0.4, -0.2) is 57.7 Å². The average molecular weight is 452 g/mol. The number of thioether (sulfide) groups is 1. The highest BCUT2D eigenvalue weighted by atomic mass is 127. The van der Waals surface area contributed by atoms with Crippen LogP contribution < -0.4 is 20.7 Å². The van der Waals surface area contributed by atoms with Gasteiger partial charge in [0.2, 0.25) is 0 Å². The Hall–Kier alpha value is -1.16. The summed E-state index contributed by atoms with van der Waals surface area (Å²) in [5.41, 5.74) is 0.585. The number of carbonyl (C=O) groups excluding carboxylic acids is 1. The molecule has 0 bridgehead atoms. The molecular formula is C15H25IN4O2S. The van der Waals surface area contributed by atoms with Crippen molar-refractivity contribution in [2.45, 2.75) is 0 Å². The van der Waals surface area contributed by atoms with Crippen molar-refractivity contribution in [3.8, 4) is 5.75 Å². The topological polar surface area (TPSA) is 74.8 Å². The number of ether oxygens (including phenoxy) is 1. The van der Waals surface area contributed by atoms with E-state index in [2.05, 4.69) is 27.2 Å². The number of benzene rings is 1. The van der Waals surface area contributed by atoms with Crippen molar-refractivity contribution in [2.24, 2.45) is 4.99 Å². The number of halogens is 1. The number of rotatable bonds is 8. The van der Waals surface area contributed by atoms with Gasteiger partial charge in [-0.1, -0.05) is 6.07 Å². The number of aliphatic imine (C=N–C) groups is 1. The van der Waals surface area contributed by atoms with Crippen LogP contribution in [0.2, 0.25) is 0 Å². The van der Waals surface area contributed by atoms with Crippen LogP contribution in [0.5, 0.6) is 5.75 Å². The summed E-state index contributed by atoms with van der Waals surface area (Å²) in [7, 11) is 3.31. The van der Waals surface area contributed by atoms with Crippen LogP contribution in [0.4, 0.5) is 0 Å². The van der Waals surface area contributed by atoms with Crippen molar-refractivity contribution in [2.75, 3.05) is 45.8 Å². The van der Waals surface area contributed by atoms with Crippen LogP contribution in [0.25, 0.3) is 0 Å². The third-order valence-corrected chi connectivity index (χ3v) is 3.47. The van der Waals surface area contributed by atoms with E-state index in [0.717, 1.165) is 18.3 Å². The number of methoxy groups -OCH3 is 1. The first-order valence-electron chi connectivity index (χ1n) is 7.07. The summed E-state index contributed by atoms with van der Waals surface area (Å²) in [6.45, 7) is 1.98. The van der Waals surface area contributed by atoms with Gasteiger partial charge in [-0.05, 0) is 24.5 Å². The van der Waals surface area contributed by atoms with Crippen molar-refractivity contribution in [3.63, 3.8) is 0 Å². The highest BCUT2D eigenvalue weighted by Gasteiger charge is 2.05. The van der Waals surface area contributed by atoms with Gasteiger partial charge >= 0.3 is 0 Å². The molecule has 0 unspecified atom stereocenters. The minimum absolute atomic E-state index is 0. The molecule has 0 saturated carbocycles. The van der Waals surface area contributed by atoms with Gasteiger partial charge in [-0.15, -0.1) is 24.0 Å². The van der Waals surface area contributed by atoms with E-state index in [1.807, 2.05) is 6.07 Å². The zero-order valence-corrected chi connectivity index (χ0v) is 16.9. The van der Waals surface area contributed by atoms with Crippen molar-refractivity contribution in [3.05, 3.63) is 29.8 Å². The van der Waals surface area contributed by atoms with Crippen LogP contribution in [-0.2, 0) is 0 Å². The van der Waals surface area contributed by atoms with Crippen LogP contribution in [0, 0.1) is 0 Å². The molecule has 0 aliphatic carbocycles. The number of nitrogens with one attached hydrogen (secondary N) is 3. The summed E-state index contributed by atoms with van der Waals surface area (Å²) in [6.07, 6.45) is 2.06. The maximum absolute atomic E-state index is 12.0. The van der Waals surface area contributed by atoms with E-state index >= 15 is 0 Å². The molecule has 0 aliphatic rings. The molecule has 130 valence electrons. The fraction of sp³-hybridized carbons (Fsp3) is 0.467. The van der Waals surface area contributed by atoms with Crippen molar-refractivity contribution in [1.29, 1.82) is 0 Å². The molecule has 0 atom stereocenters. The van der Waals surface area contributed by atoms with Gasteiger partial charge in [-0.3, -0.25) is 9.79 Å². The second-order valence-electron chi connectivity index (χ2n) is 4.41. The lowest BCUT2D eigenvalue weighted by Crippen LogP contribution is -2.42. The number of hydrogen-bond donors (Lipinski definition) is 3. The van der Waals surface area contributed by atoms with Crippen LogP contribution in [0.1, 0.15) is 10.4 Å². The number of hydrogen-bond acceptors (Lipinski definition) is 4. The molecular weight excluding hydrogens is 427 g/mol. The van der Waals surface area contributed by atoms with E-state index in [0.29, 0.717) is 24.4 Å². The lowest BCUT2D eigenvalue weighted by molar-refractivity contribution is 0.0954. The maximum atomic E-state index is 12.0. The molecule has 1 aromatic rings. The van der Waals surface area contributed by atoms with Crippen molar-refractivity contribution < 1.29 is 9.53 Å². The first-order valence-corrected chi connectivity index (χ1v) is 8.46. The maximum Gasteiger partial charge on any atom is 0.251 e. The highest BCUT2D eigenvalue weighted by molar-refractivity contribution is 14.0. The van der Waals surface area contributed by atoms with Crippen molar-refractivity contribution in [1.82, 2.24) is 16.0 Å². The van der Waals surface area contributed by atoms with E-state index in [9.17, 15) is 4.79 Å². The quantitative estimate of drug-likeness (QED) is 0.242. The molecule has 1 amide bonds. The minimum atomic E-state index is -0.119. The van der Waals surface area contributed by atoms with Gasteiger partial charge in [0.05, 0.1) is 7.11 Å². The lowest BCUT2D eigenvalue weighted by atomic mass is 10.2. The van der Waals surface area contributed by atoms with E-state index < -0.39 is 0 Å². The Balaban J connectivity index is 0.00000484. The first-order chi connectivity index (χ1) is 10.7. The van der Waals surface area contributed by atoms with E-state index in [-0.39, 0.29) is 29.9 Å². The largest absolute Gasteiger partial charge is 0.497 e. The Labute approximate surface area is 159 Å². The Bertz CT molecular complexity index is 500. The summed E-state index contributed by atoms with van der Waals surface area (Å²) in [5, 5.41) is 9.20. The fourth-order valence-electron chi connectivity index (χ4n) is 1.72. The molecule has 0 aliphatic heterocycles. The van der Waals surface area contributed by atoms with Gasteiger partial charge in [-0.2, -0.15) is 11.8 Å². The minimum Gasteiger partial charge on any atom is -0.497 e. The third-order valence-electron chi connectivity index (χ3n) is 2.86. The number of amides is 1. The summed E-state index contributed by atoms with van der Waals surface area (Å²) >= 11 is 1.77. The van der Waals surface area contributed by atoms with E-state index in [1.165, 1.54) is 0 Å². The molecule has 0 radical (unpaired) electrons. The molecule has 23 heavy (non-hydrogen) atoms. The number of guanidine groups is 1. The molecule has 8 heteroatoms. The summed E-state index contributed by atoms with van der Waals surface area (Å²) in [6, 6.07) is 7.08. The Morgan fingerprint density at radius 1 is 1.22 bits per heavy atom. The molecule has 1 rings (SSSR count). The number of carbonyl (C=O) groups is 1. The zero-order chi connectivity index (χ0) is 16.2. The van der Waals surface area contributed by atoms with Gasteiger partial charge in [0.25, 0.3) is 5.91 Å². The SMILES string of the molecule is CN=C(NCCNC(=O)c1cccc(OC)c1)NCCSC.I. The fourth-order valence-corrected chi connectivity index (χ4v) is 2.02. The molecule has 0 spiro atoms. The monoisotopic (exact) mass is 452 g/mol. The standard InChI is InChI=1S/C15H24N4O2S.HI/c1-16-15(19-9-10-22-3)18-8-7-17-14(20)12-5-4-6-13(11-12)21-2;/h4-6,11H,7-10H2,1-3H3,(H,17,20)(H2,16,18,19);1H. The molecule has 1 aromatic carbocycles. The van der Waals surface area contributed by atoms with E-state index in [4.69, 9.17) is 4.74 Å². The van der Waals surface area contributed by atoms with Gasteiger partial charge in [0, 0.05) is 38.0 Å². The second-order valence-corrected chi connectivity index (χ2v) is 5.39. The van der Waals surface area contributed by atoms with Gasteiger partial charge in [0.1, 0.15) is 5.75 Å². The van der Waals surface area contributed by atoms with Gasteiger partial charge in [0.15, 0.2) is 5.96 Å². The zero-order valence-electron chi connectivity index (χ0n) is 13.7. The van der Waals surface area contributed by atoms with Crippen LogP contribution in [0.15, 0.2) is 29.3 Å². The van der Waals surface area contributed by atoms with E-state index in [1.54, 1.807) is 44.1 Å².